The summed E-state index contributed by atoms with van der Waals surface area (Å²) >= 11 is 0. The zero-order valence-corrected chi connectivity index (χ0v) is 22.8. The molecule has 0 saturated carbocycles. The van der Waals surface area contributed by atoms with Gasteiger partial charge in [0.2, 0.25) is 15.9 Å². The highest BCUT2D eigenvalue weighted by Gasteiger charge is 2.46. The number of hydrogen-bond acceptors (Lipinski definition) is 7. The van der Waals surface area contributed by atoms with Crippen LogP contribution in [0, 0.1) is 0 Å². The first-order chi connectivity index (χ1) is 18.1. The van der Waals surface area contributed by atoms with Crippen molar-refractivity contribution < 1.29 is 26.4 Å². The van der Waals surface area contributed by atoms with Gasteiger partial charge in [-0.3, -0.25) is 4.79 Å². The first kappa shape index (κ1) is 27.8. The molecule has 11 heteroatoms. The summed E-state index contributed by atoms with van der Waals surface area (Å²) in [5, 5.41) is 5.89. The van der Waals surface area contributed by atoms with E-state index in [0.717, 1.165) is 5.56 Å². The normalized spacial score (nSPS) is 18.8. The highest BCUT2D eigenvalue weighted by molar-refractivity contribution is 7.92. The van der Waals surface area contributed by atoms with Crippen LogP contribution in [0.25, 0.3) is 0 Å². The van der Waals surface area contributed by atoms with Gasteiger partial charge in [0.25, 0.3) is 0 Å². The van der Waals surface area contributed by atoms with Gasteiger partial charge in [-0.2, -0.15) is 4.31 Å². The van der Waals surface area contributed by atoms with Crippen LogP contribution in [0.2, 0.25) is 0 Å². The van der Waals surface area contributed by atoms with Gasteiger partial charge in [0, 0.05) is 31.7 Å². The average molecular weight is 558 g/mol. The summed E-state index contributed by atoms with van der Waals surface area (Å²) in [5.41, 5.74) is 1.95. The maximum absolute atomic E-state index is 14.3. The number of nitrogens with one attached hydrogen (secondary N) is 2. The number of amides is 1. The lowest BCUT2D eigenvalue weighted by molar-refractivity contribution is -0.114. The molecule has 1 aliphatic rings. The molecule has 3 aromatic rings. The molecule has 1 fully saturated rings. The fourth-order valence-corrected chi connectivity index (χ4v) is 8.46. The Bertz CT molecular complexity index is 1480. The fraction of sp³-hybridized carbons (Fsp3) is 0.296. The van der Waals surface area contributed by atoms with E-state index in [1.165, 1.54) is 30.5 Å². The Balaban J connectivity index is 1.77. The molecule has 202 valence electrons. The van der Waals surface area contributed by atoms with Crippen molar-refractivity contribution in [3.8, 4) is 5.75 Å². The third kappa shape index (κ3) is 6.60. The minimum atomic E-state index is -4.30. The number of rotatable bonds is 10. The van der Waals surface area contributed by atoms with Crippen molar-refractivity contribution >= 4 is 31.5 Å². The molecule has 2 N–H and O–H groups in total. The summed E-state index contributed by atoms with van der Waals surface area (Å²) in [6, 6.07) is 21.4. The Hall–Kier alpha value is -3.25. The Labute approximate surface area is 223 Å². The van der Waals surface area contributed by atoms with Crippen LogP contribution < -0.4 is 15.4 Å². The minimum Gasteiger partial charge on any atom is -0.495 e. The lowest BCUT2D eigenvalue weighted by Gasteiger charge is -2.32. The lowest BCUT2D eigenvalue weighted by atomic mass is 10.1. The number of sulfonamides is 1. The summed E-state index contributed by atoms with van der Waals surface area (Å²) in [4.78, 5) is 11.5. The van der Waals surface area contributed by atoms with Gasteiger partial charge in [-0.05, 0) is 29.3 Å². The van der Waals surface area contributed by atoms with E-state index in [-0.39, 0.29) is 40.3 Å². The van der Waals surface area contributed by atoms with Crippen molar-refractivity contribution in [3.63, 3.8) is 0 Å². The molecule has 0 bridgehead atoms. The van der Waals surface area contributed by atoms with E-state index in [0.29, 0.717) is 12.1 Å². The highest BCUT2D eigenvalue weighted by atomic mass is 32.2. The highest BCUT2D eigenvalue weighted by Crippen LogP contribution is 2.34. The summed E-state index contributed by atoms with van der Waals surface area (Å²) < 4.78 is 60.9. The van der Waals surface area contributed by atoms with Crippen LogP contribution in [0.1, 0.15) is 18.1 Å². The summed E-state index contributed by atoms with van der Waals surface area (Å²) in [5.74, 6) is -0.772. The Morgan fingerprint density at radius 3 is 2.21 bits per heavy atom. The number of hydrogen-bond donors (Lipinski definition) is 2. The summed E-state index contributed by atoms with van der Waals surface area (Å²) in [6.07, 6.45) is 0. The largest absolute Gasteiger partial charge is 0.495 e. The van der Waals surface area contributed by atoms with Crippen molar-refractivity contribution in [2.75, 3.05) is 23.9 Å². The van der Waals surface area contributed by atoms with Crippen LogP contribution in [-0.2, 0) is 37.7 Å². The number of benzene rings is 3. The number of carbonyl (C=O) groups excluding carboxylic acids is 1. The molecule has 1 amide bonds. The molecule has 3 aromatic carbocycles. The fourth-order valence-electron chi connectivity index (χ4n) is 4.58. The van der Waals surface area contributed by atoms with Gasteiger partial charge >= 0.3 is 0 Å². The number of methoxy groups -OCH3 is 1. The van der Waals surface area contributed by atoms with Crippen LogP contribution in [0.5, 0.6) is 5.75 Å². The van der Waals surface area contributed by atoms with Gasteiger partial charge in [-0.15, -0.1) is 0 Å². The molecule has 0 aromatic heterocycles. The molecule has 4 rings (SSSR count). The second-order valence-electron chi connectivity index (χ2n) is 9.20. The summed E-state index contributed by atoms with van der Waals surface area (Å²) in [7, 11) is -6.46. The smallest absolute Gasteiger partial charge is 0.247 e. The zero-order valence-electron chi connectivity index (χ0n) is 21.2. The van der Waals surface area contributed by atoms with Gasteiger partial charge in [0.05, 0.1) is 24.7 Å². The SMILES string of the molecule is COc1ccc(NC(C)=O)cc1S(=O)(=O)N(Cc1ccccc1)[C@@H]1CS(=O)(=O)C[C@H]1NCc1ccccc1. The van der Waals surface area contributed by atoms with Crippen LogP contribution >= 0.6 is 0 Å². The van der Waals surface area contributed by atoms with Crippen molar-refractivity contribution in [2.45, 2.75) is 37.0 Å². The Morgan fingerprint density at radius 2 is 1.61 bits per heavy atom. The third-order valence-corrected chi connectivity index (χ3v) is 9.96. The zero-order chi connectivity index (χ0) is 27.3. The number of nitrogens with zero attached hydrogens (tertiary/aromatic N) is 1. The van der Waals surface area contributed by atoms with Gasteiger partial charge in [-0.1, -0.05) is 60.7 Å². The van der Waals surface area contributed by atoms with E-state index < -0.39 is 31.9 Å². The molecular formula is C27H31N3O6S2. The second-order valence-corrected chi connectivity index (χ2v) is 13.2. The molecule has 1 aliphatic heterocycles. The molecule has 0 spiro atoms. The predicted molar refractivity (Wildman–Crippen MR) is 146 cm³/mol. The number of carbonyl (C=O) groups is 1. The standard InChI is InChI=1S/C27H31N3O6S2/c1-20(31)29-23-13-14-26(36-2)27(15-23)38(34,35)30(17-22-11-7-4-8-12-22)25-19-37(32,33)18-24(25)28-16-21-9-5-3-6-10-21/h3-15,24-25,28H,16-19H2,1-2H3,(H,29,31)/t24-,25-/m1/s1. The monoisotopic (exact) mass is 557 g/mol. The molecule has 2 atom stereocenters. The molecule has 1 saturated heterocycles. The molecule has 0 aliphatic carbocycles. The number of ether oxygens (including phenoxy) is 1. The van der Waals surface area contributed by atoms with Gasteiger partial charge in [0.15, 0.2) is 9.84 Å². The van der Waals surface area contributed by atoms with E-state index in [1.807, 2.05) is 36.4 Å². The topological polar surface area (TPSA) is 122 Å². The molecule has 1 heterocycles. The molecule has 9 nitrogen and oxygen atoms in total. The van der Waals surface area contributed by atoms with Gasteiger partial charge in [0.1, 0.15) is 10.6 Å². The van der Waals surface area contributed by atoms with Crippen LogP contribution in [0.3, 0.4) is 0 Å². The van der Waals surface area contributed by atoms with E-state index in [1.54, 1.807) is 30.3 Å². The lowest BCUT2D eigenvalue weighted by Crippen LogP contribution is -2.51. The van der Waals surface area contributed by atoms with E-state index in [4.69, 9.17) is 4.74 Å². The van der Waals surface area contributed by atoms with Gasteiger partial charge in [-0.25, -0.2) is 16.8 Å². The molecule has 0 radical (unpaired) electrons. The molecular weight excluding hydrogens is 526 g/mol. The maximum Gasteiger partial charge on any atom is 0.247 e. The average Bonchev–Trinajstić information content (AvgIpc) is 3.20. The third-order valence-electron chi connectivity index (χ3n) is 6.36. The van der Waals surface area contributed by atoms with Crippen LogP contribution in [0.4, 0.5) is 5.69 Å². The molecule has 0 unspecified atom stereocenters. The first-order valence-electron chi connectivity index (χ1n) is 12.1. The quantitative estimate of drug-likeness (QED) is 0.393. The van der Waals surface area contributed by atoms with Crippen molar-refractivity contribution in [2.24, 2.45) is 0 Å². The summed E-state index contributed by atoms with van der Waals surface area (Å²) in [6.45, 7) is 1.67. The first-order valence-corrected chi connectivity index (χ1v) is 15.3. The number of anilines is 1. The minimum absolute atomic E-state index is 0.0413. The van der Waals surface area contributed by atoms with Crippen molar-refractivity contribution in [3.05, 3.63) is 90.0 Å². The Kier molecular flexibility index (Phi) is 8.51. The van der Waals surface area contributed by atoms with Crippen LogP contribution in [-0.4, -0.2) is 57.7 Å². The van der Waals surface area contributed by atoms with Gasteiger partial charge < -0.3 is 15.4 Å². The van der Waals surface area contributed by atoms with E-state index >= 15 is 0 Å². The van der Waals surface area contributed by atoms with Crippen LogP contribution in [0.15, 0.2) is 83.8 Å². The van der Waals surface area contributed by atoms with E-state index in [9.17, 15) is 21.6 Å². The molecule has 38 heavy (non-hydrogen) atoms. The van der Waals surface area contributed by atoms with E-state index in [2.05, 4.69) is 10.6 Å². The predicted octanol–water partition coefficient (Wildman–Crippen LogP) is 2.80. The maximum atomic E-state index is 14.3. The number of sulfone groups is 1. The second kappa shape index (κ2) is 11.6. The Morgan fingerprint density at radius 1 is 0.974 bits per heavy atom. The van der Waals surface area contributed by atoms with Crippen molar-refractivity contribution in [1.29, 1.82) is 0 Å². The van der Waals surface area contributed by atoms with Crippen molar-refractivity contribution in [1.82, 2.24) is 9.62 Å².